The van der Waals surface area contributed by atoms with Gasteiger partial charge in [-0.3, -0.25) is 0 Å². The molecule has 1 rings (SSSR count). The van der Waals surface area contributed by atoms with Crippen LogP contribution >= 0.6 is 15.9 Å². The Labute approximate surface area is 117 Å². The van der Waals surface area contributed by atoms with Crippen LogP contribution in [0.1, 0.15) is 41.0 Å². The fourth-order valence-corrected chi connectivity index (χ4v) is 2.67. The van der Waals surface area contributed by atoms with Gasteiger partial charge in [0.05, 0.1) is 0 Å². The maximum atomic E-state index is 5.39. The molecule has 0 saturated heterocycles. The molecule has 1 heterocycles. The summed E-state index contributed by atoms with van der Waals surface area (Å²) >= 11 is 3.44. The Bertz CT molecular complexity index is 411. The number of hydrogen-bond donors (Lipinski definition) is 3. The Hall–Kier alpha value is -0.880. The van der Waals surface area contributed by atoms with Crippen molar-refractivity contribution in [3.63, 3.8) is 0 Å². The summed E-state index contributed by atoms with van der Waals surface area (Å²) in [5.41, 5.74) is 2.70. The summed E-state index contributed by atoms with van der Waals surface area (Å²) < 4.78 is 0.745. The van der Waals surface area contributed by atoms with Gasteiger partial charge in [0.25, 0.3) is 0 Å². The molecule has 0 amide bonds. The fourth-order valence-electron chi connectivity index (χ4n) is 2.25. The topological polar surface area (TPSA) is 75.9 Å². The second kappa shape index (κ2) is 5.40. The molecule has 1 aromatic heterocycles. The van der Waals surface area contributed by atoms with Crippen LogP contribution in [-0.2, 0) is 0 Å². The van der Waals surface area contributed by atoms with Crippen molar-refractivity contribution < 1.29 is 0 Å². The number of nitrogens with two attached hydrogens (primary N) is 1. The highest BCUT2D eigenvalue weighted by Crippen LogP contribution is 2.32. The third kappa shape index (κ3) is 4.42. The van der Waals surface area contributed by atoms with Gasteiger partial charge in [-0.25, -0.2) is 15.8 Å². The summed E-state index contributed by atoms with van der Waals surface area (Å²) in [6, 6.07) is 0. The lowest BCUT2D eigenvalue weighted by Gasteiger charge is -2.34. The van der Waals surface area contributed by atoms with Gasteiger partial charge in [-0.1, -0.05) is 20.8 Å². The minimum Gasteiger partial charge on any atom is -0.364 e. The molecule has 0 fully saturated rings. The molecular weight excluding hydrogens is 294 g/mol. The summed E-state index contributed by atoms with van der Waals surface area (Å²) in [5.74, 6) is 6.70. The zero-order valence-electron chi connectivity index (χ0n) is 11.6. The van der Waals surface area contributed by atoms with Gasteiger partial charge in [0.2, 0.25) is 0 Å². The van der Waals surface area contributed by atoms with Gasteiger partial charge in [-0.05, 0) is 41.6 Å². The SMILES string of the molecule is CC(C)(C)CC(C)(C)Nc1ncnc(NN)c1Br. The van der Waals surface area contributed by atoms with E-state index in [4.69, 9.17) is 5.84 Å². The number of nitrogen functional groups attached to an aromatic ring is 1. The van der Waals surface area contributed by atoms with Crippen molar-refractivity contribution in [1.29, 1.82) is 0 Å². The predicted octanol–water partition coefficient (Wildman–Crippen LogP) is 3.15. The van der Waals surface area contributed by atoms with E-state index in [0.717, 1.165) is 16.7 Å². The third-order valence-electron chi connectivity index (χ3n) is 2.36. The lowest BCUT2D eigenvalue weighted by Crippen LogP contribution is -2.36. The number of nitrogens with zero attached hydrogens (tertiary/aromatic N) is 2. The van der Waals surface area contributed by atoms with Crippen LogP contribution in [-0.4, -0.2) is 15.5 Å². The summed E-state index contributed by atoms with van der Waals surface area (Å²) in [5, 5.41) is 3.42. The molecule has 0 aliphatic heterocycles. The Kier molecular flexibility index (Phi) is 4.55. The first-order chi connectivity index (χ1) is 8.14. The summed E-state index contributed by atoms with van der Waals surface area (Å²) in [7, 11) is 0. The van der Waals surface area contributed by atoms with Crippen molar-refractivity contribution in [3.05, 3.63) is 10.8 Å². The molecule has 6 heteroatoms. The van der Waals surface area contributed by atoms with Gasteiger partial charge in [0, 0.05) is 5.54 Å². The van der Waals surface area contributed by atoms with Crippen molar-refractivity contribution in [2.45, 2.75) is 46.6 Å². The van der Waals surface area contributed by atoms with E-state index in [2.05, 4.69) is 71.3 Å². The molecule has 18 heavy (non-hydrogen) atoms. The van der Waals surface area contributed by atoms with Crippen LogP contribution in [0.3, 0.4) is 0 Å². The smallest absolute Gasteiger partial charge is 0.159 e. The molecule has 0 spiro atoms. The number of rotatable bonds is 4. The zero-order valence-corrected chi connectivity index (χ0v) is 13.2. The molecular formula is C12H22BrN5. The molecule has 4 N–H and O–H groups in total. The second-order valence-electron chi connectivity index (χ2n) is 6.28. The average Bonchev–Trinajstić information content (AvgIpc) is 2.17. The third-order valence-corrected chi connectivity index (χ3v) is 3.11. The highest BCUT2D eigenvalue weighted by Gasteiger charge is 2.26. The molecule has 0 aromatic carbocycles. The van der Waals surface area contributed by atoms with E-state index in [0.29, 0.717) is 5.82 Å². The van der Waals surface area contributed by atoms with Gasteiger partial charge in [-0.15, -0.1) is 0 Å². The zero-order chi connectivity index (χ0) is 14.0. The van der Waals surface area contributed by atoms with Crippen LogP contribution in [0.5, 0.6) is 0 Å². The van der Waals surface area contributed by atoms with Crippen molar-refractivity contribution in [3.8, 4) is 0 Å². The molecule has 0 saturated carbocycles. The van der Waals surface area contributed by atoms with E-state index in [9.17, 15) is 0 Å². The van der Waals surface area contributed by atoms with Crippen LogP contribution in [0.25, 0.3) is 0 Å². The average molecular weight is 316 g/mol. The minimum atomic E-state index is -0.0685. The van der Waals surface area contributed by atoms with E-state index in [-0.39, 0.29) is 11.0 Å². The lowest BCUT2D eigenvalue weighted by atomic mass is 9.82. The Morgan fingerprint density at radius 2 is 1.72 bits per heavy atom. The van der Waals surface area contributed by atoms with Crippen LogP contribution < -0.4 is 16.6 Å². The highest BCUT2D eigenvalue weighted by atomic mass is 79.9. The largest absolute Gasteiger partial charge is 0.364 e. The monoisotopic (exact) mass is 315 g/mol. The number of hydrazine groups is 1. The molecule has 5 nitrogen and oxygen atoms in total. The molecule has 0 bridgehead atoms. The van der Waals surface area contributed by atoms with Gasteiger partial charge in [0.15, 0.2) is 5.82 Å². The molecule has 0 unspecified atom stereocenters. The van der Waals surface area contributed by atoms with Gasteiger partial charge < -0.3 is 10.7 Å². The molecule has 0 radical (unpaired) electrons. The fraction of sp³-hybridized carbons (Fsp3) is 0.667. The van der Waals surface area contributed by atoms with Crippen LogP contribution in [0, 0.1) is 5.41 Å². The molecule has 102 valence electrons. The van der Waals surface area contributed by atoms with Gasteiger partial charge >= 0.3 is 0 Å². The minimum absolute atomic E-state index is 0.0685. The summed E-state index contributed by atoms with van der Waals surface area (Å²) in [4.78, 5) is 8.27. The quantitative estimate of drug-likeness (QED) is 0.588. The number of halogens is 1. The van der Waals surface area contributed by atoms with Crippen molar-refractivity contribution in [2.75, 3.05) is 10.7 Å². The van der Waals surface area contributed by atoms with Crippen LogP contribution in [0.4, 0.5) is 11.6 Å². The number of aromatic nitrogens is 2. The van der Waals surface area contributed by atoms with E-state index in [1.54, 1.807) is 0 Å². The Morgan fingerprint density at radius 1 is 1.17 bits per heavy atom. The maximum Gasteiger partial charge on any atom is 0.159 e. The molecule has 1 aromatic rings. The van der Waals surface area contributed by atoms with E-state index >= 15 is 0 Å². The van der Waals surface area contributed by atoms with E-state index in [1.165, 1.54) is 6.33 Å². The van der Waals surface area contributed by atoms with Crippen molar-refractivity contribution >= 4 is 27.6 Å². The summed E-state index contributed by atoms with van der Waals surface area (Å²) in [6.45, 7) is 11.0. The number of anilines is 2. The highest BCUT2D eigenvalue weighted by molar-refractivity contribution is 9.10. The Morgan fingerprint density at radius 3 is 2.22 bits per heavy atom. The normalized spacial score (nSPS) is 12.4. The molecule has 0 aliphatic rings. The first-order valence-corrected chi connectivity index (χ1v) is 6.69. The standard InChI is InChI=1S/C12H22BrN5/c1-11(2,3)6-12(4,5)17-9-8(13)10(18-14)16-7-15-9/h7H,6,14H2,1-5H3,(H2,15,16,17,18). The van der Waals surface area contributed by atoms with Crippen LogP contribution in [0.2, 0.25) is 0 Å². The van der Waals surface area contributed by atoms with E-state index in [1.807, 2.05) is 0 Å². The lowest BCUT2D eigenvalue weighted by molar-refractivity contribution is 0.302. The van der Waals surface area contributed by atoms with Gasteiger partial charge in [-0.2, -0.15) is 0 Å². The first-order valence-electron chi connectivity index (χ1n) is 5.90. The molecule has 0 atom stereocenters. The van der Waals surface area contributed by atoms with Crippen molar-refractivity contribution in [1.82, 2.24) is 9.97 Å². The summed E-state index contributed by atoms with van der Waals surface area (Å²) in [6.07, 6.45) is 2.50. The van der Waals surface area contributed by atoms with Gasteiger partial charge in [0.1, 0.15) is 16.6 Å². The maximum absolute atomic E-state index is 5.39. The number of hydrogen-bond acceptors (Lipinski definition) is 5. The predicted molar refractivity (Wildman–Crippen MR) is 79.3 cm³/mol. The molecule has 0 aliphatic carbocycles. The van der Waals surface area contributed by atoms with Crippen LogP contribution in [0.15, 0.2) is 10.8 Å². The number of nitrogens with one attached hydrogen (secondary N) is 2. The Balaban J connectivity index is 2.90. The second-order valence-corrected chi connectivity index (χ2v) is 7.07. The van der Waals surface area contributed by atoms with E-state index < -0.39 is 0 Å². The first kappa shape index (κ1) is 15.2. The van der Waals surface area contributed by atoms with Crippen molar-refractivity contribution in [2.24, 2.45) is 11.3 Å².